The summed E-state index contributed by atoms with van der Waals surface area (Å²) in [6, 6.07) is 17.1. The number of carbonyl (C=O) groups is 1. The molecule has 0 radical (unpaired) electrons. The molecular weight excluding hydrogens is 460 g/mol. The van der Waals surface area contributed by atoms with Crippen LogP contribution in [0.1, 0.15) is 10.4 Å². The highest BCUT2D eigenvalue weighted by atomic mass is 16.5. The van der Waals surface area contributed by atoms with Crippen LogP contribution in [0.4, 0.5) is 0 Å². The third kappa shape index (κ3) is 4.35. The summed E-state index contributed by atoms with van der Waals surface area (Å²) in [5, 5.41) is 1.85. The quantitative estimate of drug-likeness (QED) is 0.266. The van der Waals surface area contributed by atoms with Gasteiger partial charge >= 0.3 is 0 Å². The predicted molar refractivity (Wildman–Crippen MR) is 140 cm³/mol. The van der Waals surface area contributed by atoms with Crippen molar-refractivity contribution in [3.8, 4) is 56.8 Å². The fourth-order valence-electron chi connectivity index (χ4n) is 4.32. The summed E-state index contributed by atoms with van der Waals surface area (Å²) in [5.41, 5.74) is 3.75. The minimum absolute atomic E-state index is 0.467. The van der Waals surface area contributed by atoms with E-state index in [0.717, 1.165) is 33.7 Å². The summed E-state index contributed by atoms with van der Waals surface area (Å²) in [6.45, 7) is 0. The molecule has 36 heavy (non-hydrogen) atoms. The molecule has 4 rings (SSSR count). The molecule has 0 aliphatic heterocycles. The minimum Gasteiger partial charge on any atom is -0.493 e. The lowest BCUT2D eigenvalue weighted by Crippen LogP contribution is -1.98. The summed E-state index contributed by atoms with van der Waals surface area (Å²) < 4.78 is 33.0. The first kappa shape index (κ1) is 24.7. The zero-order chi connectivity index (χ0) is 25.8. The van der Waals surface area contributed by atoms with Crippen LogP contribution in [0.2, 0.25) is 0 Å². The normalized spacial score (nSPS) is 10.6. The number of hydrogen-bond donors (Lipinski definition) is 0. The van der Waals surface area contributed by atoms with Gasteiger partial charge in [-0.15, -0.1) is 0 Å². The minimum atomic E-state index is 0.467. The third-order valence-electron chi connectivity index (χ3n) is 6.15. The van der Waals surface area contributed by atoms with E-state index in [2.05, 4.69) is 6.07 Å². The molecule has 0 unspecified atom stereocenters. The van der Waals surface area contributed by atoms with E-state index in [0.29, 0.717) is 45.6 Å². The van der Waals surface area contributed by atoms with E-state index in [-0.39, 0.29) is 0 Å². The molecular formula is C29H28O7. The number of hydrogen-bond acceptors (Lipinski definition) is 7. The van der Waals surface area contributed by atoms with Crippen molar-refractivity contribution in [2.24, 2.45) is 0 Å². The number of carbonyl (C=O) groups excluding carboxylic acids is 1. The molecule has 0 spiro atoms. The molecule has 0 fully saturated rings. The molecule has 0 aliphatic rings. The molecule has 0 aliphatic carbocycles. The van der Waals surface area contributed by atoms with Crippen molar-refractivity contribution in [2.75, 3.05) is 42.7 Å². The second-order valence-electron chi connectivity index (χ2n) is 7.93. The molecule has 4 aromatic carbocycles. The average Bonchev–Trinajstić information content (AvgIpc) is 2.94. The van der Waals surface area contributed by atoms with Crippen LogP contribution in [0, 0.1) is 0 Å². The molecule has 0 saturated heterocycles. The first-order valence-electron chi connectivity index (χ1n) is 11.2. The predicted octanol–water partition coefficient (Wildman–Crippen LogP) is 6.04. The lowest BCUT2D eigenvalue weighted by molar-refractivity contribution is 0.112. The Morgan fingerprint density at radius 1 is 0.472 bits per heavy atom. The Bertz CT molecular complexity index is 1430. The van der Waals surface area contributed by atoms with Crippen molar-refractivity contribution in [1.29, 1.82) is 0 Å². The van der Waals surface area contributed by atoms with E-state index in [4.69, 9.17) is 28.4 Å². The zero-order valence-electron chi connectivity index (χ0n) is 21.1. The van der Waals surface area contributed by atoms with Gasteiger partial charge in [0, 0.05) is 5.56 Å². The van der Waals surface area contributed by atoms with Gasteiger partial charge in [-0.05, 0) is 81.6 Å². The van der Waals surface area contributed by atoms with Crippen molar-refractivity contribution >= 4 is 17.1 Å². The van der Waals surface area contributed by atoms with Crippen LogP contribution in [0.5, 0.6) is 34.5 Å². The van der Waals surface area contributed by atoms with Gasteiger partial charge in [-0.1, -0.05) is 6.07 Å². The summed E-state index contributed by atoms with van der Waals surface area (Å²) >= 11 is 0. The fourth-order valence-corrected chi connectivity index (χ4v) is 4.32. The average molecular weight is 489 g/mol. The number of aldehydes is 1. The molecule has 186 valence electrons. The largest absolute Gasteiger partial charge is 0.493 e. The molecule has 7 heteroatoms. The number of ether oxygens (including phenoxy) is 6. The van der Waals surface area contributed by atoms with E-state index < -0.39 is 0 Å². The number of rotatable bonds is 9. The van der Waals surface area contributed by atoms with E-state index in [9.17, 15) is 4.79 Å². The van der Waals surface area contributed by atoms with E-state index in [1.165, 1.54) is 7.11 Å². The molecule has 0 atom stereocenters. The van der Waals surface area contributed by atoms with Crippen molar-refractivity contribution in [1.82, 2.24) is 0 Å². The highest BCUT2D eigenvalue weighted by molar-refractivity contribution is 6.01. The van der Waals surface area contributed by atoms with Gasteiger partial charge in [-0.25, -0.2) is 0 Å². The van der Waals surface area contributed by atoms with Gasteiger partial charge in [-0.2, -0.15) is 0 Å². The van der Waals surface area contributed by atoms with Crippen molar-refractivity contribution in [3.63, 3.8) is 0 Å². The molecule has 0 saturated carbocycles. The van der Waals surface area contributed by atoms with E-state index >= 15 is 0 Å². The monoisotopic (exact) mass is 488 g/mol. The van der Waals surface area contributed by atoms with Gasteiger partial charge < -0.3 is 28.4 Å². The fraction of sp³-hybridized carbons (Fsp3) is 0.207. The van der Waals surface area contributed by atoms with Crippen LogP contribution in [-0.2, 0) is 0 Å². The van der Waals surface area contributed by atoms with Crippen LogP contribution in [0.25, 0.3) is 33.0 Å². The molecule has 0 aromatic heterocycles. The standard InChI is InChI=1S/C29H28O7/c1-31-24-8-7-17(11-25(24)32-2)21-9-18-12-26(33-3)27(34-4)13-19(18)10-23(21)22-15-29(36-6)28(35-5)14-20(22)16-30/h7-16H,1-6H3. The molecule has 0 N–H and O–H groups in total. The number of methoxy groups -OCH3 is 6. The molecule has 0 bridgehead atoms. The second kappa shape index (κ2) is 10.5. The van der Waals surface area contributed by atoms with Crippen LogP contribution < -0.4 is 28.4 Å². The Morgan fingerprint density at radius 2 is 0.944 bits per heavy atom. The van der Waals surface area contributed by atoms with Crippen molar-refractivity contribution in [2.45, 2.75) is 0 Å². The van der Waals surface area contributed by atoms with Crippen molar-refractivity contribution < 1.29 is 33.2 Å². The molecule has 0 amide bonds. The van der Waals surface area contributed by atoms with Crippen LogP contribution in [-0.4, -0.2) is 48.9 Å². The molecule has 0 heterocycles. The summed E-state index contributed by atoms with van der Waals surface area (Å²) in [5.74, 6) is 3.44. The Hall–Kier alpha value is -4.39. The third-order valence-corrected chi connectivity index (χ3v) is 6.15. The lowest BCUT2D eigenvalue weighted by atomic mass is 9.89. The van der Waals surface area contributed by atoms with Gasteiger partial charge in [0.1, 0.15) is 0 Å². The lowest BCUT2D eigenvalue weighted by Gasteiger charge is -2.18. The van der Waals surface area contributed by atoms with Gasteiger partial charge in [0.25, 0.3) is 0 Å². The SMILES string of the molecule is COc1ccc(-c2cc3cc(OC)c(OC)cc3cc2-c2cc(OC)c(OC)cc2C=O)cc1OC. The first-order valence-corrected chi connectivity index (χ1v) is 11.2. The van der Waals surface area contributed by atoms with Gasteiger partial charge in [0.05, 0.1) is 42.7 Å². The first-order chi connectivity index (χ1) is 17.5. The topological polar surface area (TPSA) is 72.5 Å². The summed E-state index contributed by atoms with van der Waals surface area (Å²) in [7, 11) is 9.50. The maximum Gasteiger partial charge on any atom is 0.161 e. The van der Waals surface area contributed by atoms with Crippen LogP contribution >= 0.6 is 0 Å². The van der Waals surface area contributed by atoms with E-state index in [1.54, 1.807) is 41.6 Å². The maximum absolute atomic E-state index is 12.2. The van der Waals surface area contributed by atoms with Crippen LogP contribution in [0.15, 0.2) is 54.6 Å². The van der Waals surface area contributed by atoms with Gasteiger partial charge in [0.15, 0.2) is 40.8 Å². The van der Waals surface area contributed by atoms with Gasteiger partial charge in [-0.3, -0.25) is 4.79 Å². The zero-order valence-corrected chi connectivity index (χ0v) is 21.1. The Kier molecular flexibility index (Phi) is 7.20. The smallest absolute Gasteiger partial charge is 0.161 e. The van der Waals surface area contributed by atoms with E-state index in [1.807, 2.05) is 42.5 Å². The number of benzene rings is 4. The van der Waals surface area contributed by atoms with Crippen molar-refractivity contribution in [3.05, 3.63) is 60.2 Å². The maximum atomic E-state index is 12.2. The highest BCUT2D eigenvalue weighted by Crippen LogP contribution is 2.44. The van der Waals surface area contributed by atoms with Gasteiger partial charge in [0.2, 0.25) is 0 Å². The summed E-state index contributed by atoms with van der Waals surface area (Å²) in [4.78, 5) is 12.2. The Morgan fingerprint density at radius 3 is 1.47 bits per heavy atom. The Labute approximate surface area is 210 Å². The summed E-state index contributed by atoms with van der Waals surface area (Å²) in [6.07, 6.45) is 0.814. The number of fused-ring (bicyclic) bond motifs is 1. The molecule has 4 aromatic rings. The van der Waals surface area contributed by atoms with Crippen LogP contribution in [0.3, 0.4) is 0 Å². The highest BCUT2D eigenvalue weighted by Gasteiger charge is 2.19. The molecule has 7 nitrogen and oxygen atoms in total. The second-order valence-corrected chi connectivity index (χ2v) is 7.93. The Balaban J connectivity index is 2.10.